The summed E-state index contributed by atoms with van der Waals surface area (Å²) >= 11 is 0. The van der Waals surface area contributed by atoms with Crippen molar-refractivity contribution in [2.45, 2.75) is 58.2 Å². The highest BCUT2D eigenvalue weighted by molar-refractivity contribution is 5.45. The van der Waals surface area contributed by atoms with E-state index < -0.39 is 6.10 Å². The summed E-state index contributed by atoms with van der Waals surface area (Å²) in [4.78, 5) is 0. The molecule has 120 valence electrons. The Morgan fingerprint density at radius 1 is 1.09 bits per heavy atom. The fraction of sp³-hybridized carbons (Fsp3) is 0.684. The number of rotatable bonds is 0. The number of aliphatic hydroxyl groups is 3. The zero-order chi connectivity index (χ0) is 15.7. The molecule has 3 heteroatoms. The SMILES string of the molecule is C[C@]12C=CC(O)CC1=CC(O)=C1[C@H]2CC[C@]2(C)C(O)CC[C@@H]12. The summed E-state index contributed by atoms with van der Waals surface area (Å²) in [7, 11) is 0. The van der Waals surface area contributed by atoms with Gasteiger partial charge in [-0.05, 0) is 55.6 Å². The summed E-state index contributed by atoms with van der Waals surface area (Å²) in [6.45, 7) is 4.43. The first-order chi connectivity index (χ1) is 10.4. The lowest BCUT2D eigenvalue weighted by Gasteiger charge is -2.52. The second-order valence-electron chi connectivity index (χ2n) is 8.17. The van der Waals surface area contributed by atoms with Crippen molar-refractivity contribution in [1.82, 2.24) is 0 Å². The van der Waals surface area contributed by atoms with Crippen LogP contribution >= 0.6 is 0 Å². The molecule has 4 rings (SSSR count). The van der Waals surface area contributed by atoms with Gasteiger partial charge in [0.2, 0.25) is 0 Å². The quantitative estimate of drug-likeness (QED) is 0.602. The second-order valence-corrected chi connectivity index (χ2v) is 8.17. The lowest BCUT2D eigenvalue weighted by Crippen LogP contribution is -2.46. The predicted molar refractivity (Wildman–Crippen MR) is 85.2 cm³/mol. The van der Waals surface area contributed by atoms with Gasteiger partial charge in [0.05, 0.1) is 12.2 Å². The van der Waals surface area contributed by atoms with Crippen LogP contribution in [0.3, 0.4) is 0 Å². The zero-order valence-corrected chi connectivity index (χ0v) is 13.4. The lowest BCUT2D eigenvalue weighted by atomic mass is 9.52. The van der Waals surface area contributed by atoms with Crippen molar-refractivity contribution in [2.24, 2.45) is 22.7 Å². The van der Waals surface area contributed by atoms with Crippen LogP contribution in [0.25, 0.3) is 0 Å². The van der Waals surface area contributed by atoms with E-state index in [0.29, 0.717) is 18.1 Å². The van der Waals surface area contributed by atoms with Gasteiger partial charge in [0.25, 0.3) is 0 Å². The minimum Gasteiger partial charge on any atom is -0.508 e. The van der Waals surface area contributed by atoms with Gasteiger partial charge in [-0.15, -0.1) is 0 Å². The third-order valence-electron chi connectivity index (χ3n) is 7.12. The molecule has 2 fully saturated rings. The largest absolute Gasteiger partial charge is 0.508 e. The number of hydrogen-bond donors (Lipinski definition) is 3. The molecule has 0 bridgehead atoms. The minimum atomic E-state index is -0.434. The lowest BCUT2D eigenvalue weighted by molar-refractivity contribution is 0.0102. The maximum Gasteiger partial charge on any atom is 0.115 e. The predicted octanol–water partition coefficient (Wildman–Crippen LogP) is 3.25. The normalized spacial score (nSPS) is 50.3. The summed E-state index contributed by atoms with van der Waals surface area (Å²) in [5.74, 6) is 1.00. The van der Waals surface area contributed by atoms with Gasteiger partial charge in [-0.3, -0.25) is 0 Å². The molecule has 3 nitrogen and oxygen atoms in total. The average Bonchev–Trinajstić information content (AvgIpc) is 2.77. The molecule has 6 atom stereocenters. The van der Waals surface area contributed by atoms with Gasteiger partial charge in [0, 0.05) is 10.8 Å². The van der Waals surface area contributed by atoms with Gasteiger partial charge in [-0.2, -0.15) is 0 Å². The highest BCUT2D eigenvalue weighted by Crippen LogP contribution is 2.63. The van der Waals surface area contributed by atoms with Crippen LogP contribution in [0.5, 0.6) is 0 Å². The molecule has 22 heavy (non-hydrogen) atoms. The van der Waals surface area contributed by atoms with Crippen molar-refractivity contribution in [3.05, 3.63) is 35.1 Å². The second kappa shape index (κ2) is 4.48. The molecule has 0 aromatic rings. The molecule has 4 aliphatic carbocycles. The first-order valence-electron chi connectivity index (χ1n) is 8.56. The maximum absolute atomic E-state index is 10.7. The Bertz CT molecular complexity index is 602. The molecule has 2 saturated carbocycles. The van der Waals surface area contributed by atoms with Gasteiger partial charge in [-0.1, -0.05) is 31.6 Å². The maximum atomic E-state index is 10.7. The van der Waals surface area contributed by atoms with Gasteiger partial charge >= 0.3 is 0 Å². The van der Waals surface area contributed by atoms with Crippen molar-refractivity contribution in [3.63, 3.8) is 0 Å². The van der Waals surface area contributed by atoms with E-state index in [1.807, 2.05) is 12.2 Å². The molecule has 0 spiro atoms. The van der Waals surface area contributed by atoms with Crippen molar-refractivity contribution in [2.75, 3.05) is 0 Å². The van der Waals surface area contributed by atoms with Crippen LogP contribution in [0.1, 0.15) is 46.0 Å². The summed E-state index contributed by atoms with van der Waals surface area (Å²) in [5, 5.41) is 31.0. The van der Waals surface area contributed by atoms with Gasteiger partial charge in [-0.25, -0.2) is 0 Å². The number of fused-ring (bicyclic) bond motifs is 5. The number of aliphatic hydroxyl groups excluding tert-OH is 3. The summed E-state index contributed by atoms with van der Waals surface area (Å²) in [5.41, 5.74) is 2.14. The van der Waals surface area contributed by atoms with Crippen LogP contribution in [0.2, 0.25) is 0 Å². The summed E-state index contributed by atoms with van der Waals surface area (Å²) in [6.07, 6.45) is 9.72. The van der Waals surface area contributed by atoms with Crippen LogP contribution in [0, 0.1) is 22.7 Å². The smallest absolute Gasteiger partial charge is 0.115 e. The van der Waals surface area contributed by atoms with E-state index in [9.17, 15) is 15.3 Å². The molecule has 0 aromatic carbocycles. The molecule has 2 unspecified atom stereocenters. The Balaban J connectivity index is 1.83. The molecule has 4 aliphatic rings. The number of hydrogen-bond acceptors (Lipinski definition) is 3. The van der Waals surface area contributed by atoms with E-state index in [1.165, 1.54) is 0 Å². The highest BCUT2D eigenvalue weighted by atomic mass is 16.3. The molecule has 0 heterocycles. The van der Waals surface area contributed by atoms with E-state index in [0.717, 1.165) is 36.8 Å². The number of allylic oxidation sites excluding steroid dienone is 3. The van der Waals surface area contributed by atoms with Gasteiger partial charge < -0.3 is 15.3 Å². The van der Waals surface area contributed by atoms with Crippen LogP contribution in [0.4, 0.5) is 0 Å². The van der Waals surface area contributed by atoms with Crippen LogP contribution in [-0.4, -0.2) is 27.5 Å². The van der Waals surface area contributed by atoms with E-state index in [2.05, 4.69) is 19.9 Å². The third kappa shape index (κ3) is 1.70. The Hall–Kier alpha value is -1.06. The summed E-state index contributed by atoms with van der Waals surface area (Å²) in [6, 6.07) is 0. The van der Waals surface area contributed by atoms with E-state index in [-0.39, 0.29) is 22.9 Å². The monoisotopic (exact) mass is 302 g/mol. The Kier molecular flexibility index (Phi) is 2.96. The van der Waals surface area contributed by atoms with E-state index >= 15 is 0 Å². The fourth-order valence-corrected chi connectivity index (χ4v) is 5.64. The van der Waals surface area contributed by atoms with E-state index in [1.54, 1.807) is 0 Å². The van der Waals surface area contributed by atoms with Crippen molar-refractivity contribution in [1.29, 1.82) is 0 Å². The van der Waals surface area contributed by atoms with Gasteiger partial charge in [0.1, 0.15) is 5.76 Å². The molecule has 0 amide bonds. The molecule has 0 saturated heterocycles. The minimum absolute atomic E-state index is 0.0839. The topological polar surface area (TPSA) is 60.7 Å². The molecular weight excluding hydrogens is 276 g/mol. The fourth-order valence-electron chi connectivity index (χ4n) is 5.64. The highest BCUT2D eigenvalue weighted by Gasteiger charge is 2.56. The zero-order valence-electron chi connectivity index (χ0n) is 13.4. The third-order valence-corrected chi connectivity index (χ3v) is 7.12. The molecule has 0 aromatic heterocycles. The Morgan fingerprint density at radius 2 is 1.86 bits per heavy atom. The first-order valence-corrected chi connectivity index (χ1v) is 8.56. The Labute approximate surface area is 132 Å². The van der Waals surface area contributed by atoms with Crippen LogP contribution < -0.4 is 0 Å². The van der Waals surface area contributed by atoms with Crippen molar-refractivity contribution < 1.29 is 15.3 Å². The first kappa shape index (κ1) is 14.5. The van der Waals surface area contributed by atoms with Crippen LogP contribution in [-0.2, 0) is 0 Å². The molecule has 0 radical (unpaired) electrons. The van der Waals surface area contributed by atoms with Gasteiger partial charge in [0.15, 0.2) is 0 Å². The average molecular weight is 302 g/mol. The molecule has 0 aliphatic heterocycles. The standard InChI is InChI=1S/C19H26O3/c1-18-7-5-12(20)9-11(18)10-15(21)17-13-3-4-16(22)19(13,2)8-6-14(17)18/h5,7,10,12-14,16,20-22H,3-4,6,8-9H2,1-2H3/t12?,13-,14+,16?,18-,19-/m0/s1. The van der Waals surface area contributed by atoms with Crippen molar-refractivity contribution in [3.8, 4) is 0 Å². The van der Waals surface area contributed by atoms with Crippen LogP contribution in [0.15, 0.2) is 35.1 Å². The van der Waals surface area contributed by atoms with E-state index in [4.69, 9.17) is 0 Å². The summed E-state index contributed by atoms with van der Waals surface area (Å²) < 4.78 is 0. The van der Waals surface area contributed by atoms with Crippen molar-refractivity contribution >= 4 is 0 Å². The molecular formula is C19H26O3. The molecule has 3 N–H and O–H groups in total. The Morgan fingerprint density at radius 3 is 2.64 bits per heavy atom.